The Labute approximate surface area is 136 Å². The number of amides is 1. The maximum Gasteiger partial charge on any atom is 0.266 e. The first-order valence-corrected chi connectivity index (χ1v) is 7.33. The number of benzene rings is 1. The number of nitrogens with one attached hydrogen (secondary N) is 1. The van der Waals surface area contributed by atoms with Gasteiger partial charge < -0.3 is 14.5 Å². The lowest BCUT2D eigenvalue weighted by Crippen LogP contribution is -2.13. The third-order valence-corrected chi connectivity index (χ3v) is 3.10. The first-order chi connectivity index (χ1) is 10.6. The quantitative estimate of drug-likeness (QED) is 0.646. The van der Waals surface area contributed by atoms with Crippen LogP contribution in [0.15, 0.2) is 51.1 Å². The van der Waals surface area contributed by atoms with Crippen LogP contribution in [0.4, 0.5) is 5.69 Å². The molecule has 0 bridgehead atoms. The summed E-state index contributed by atoms with van der Waals surface area (Å²) in [5, 5.41) is 11.8. The minimum absolute atomic E-state index is 0.0456. The second-order valence-electron chi connectivity index (χ2n) is 4.22. The highest BCUT2D eigenvalue weighted by Crippen LogP contribution is 2.19. The molecule has 0 saturated heterocycles. The fourth-order valence-electron chi connectivity index (χ4n) is 1.70. The summed E-state index contributed by atoms with van der Waals surface area (Å²) in [7, 11) is 0. The molecule has 0 atom stereocenters. The van der Waals surface area contributed by atoms with Crippen molar-refractivity contribution in [2.24, 2.45) is 0 Å². The van der Waals surface area contributed by atoms with Gasteiger partial charge in [-0.3, -0.25) is 4.79 Å². The Morgan fingerprint density at radius 1 is 1.36 bits per heavy atom. The molecule has 2 rings (SSSR count). The monoisotopic (exact) mass is 360 g/mol. The molecule has 1 amide bonds. The number of anilines is 1. The van der Waals surface area contributed by atoms with E-state index in [-0.39, 0.29) is 5.57 Å². The van der Waals surface area contributed by atoms with Gasteiger partial charge in [0.2, 0.25) is 0 Å². The number of hydrogen-bond acceptors (Lipinski definition) is 4. The van der Waals surface area contributed by atoms with Crippen molar-refractivity contribution in [1.29, 1.82) is 5.26 Å². The lowest BCUT2D eigenvalue weighted by molar-refractivity contribution is -0.112. The molecule has 2 aromatic rings. The zero-order valence-corrected chi connectivity index (χ0v) is 13.4. The van der Waals surface area contributed by atoms with Crippen LogP contribution >= 0.6 is 15.9 Å². The predicted molar refractivity (Wildman–Crippen MR) is 86.2 cm³/mol. The molecule has 112 valence electrons. The molecule has 0 aliphatic rings. The van der Waals surface area contributed by atoms with Crippen LogP contribution in [-0.2, 0) is 4.79 Å². The molecule has 0 aliphatic heterocycles. The van der Waals surface area contributed by atoms with Crippen LogP contribution in [0.1, 0.15) is 12.7 Å². The Morgan fingerprint density at radius 3 is 2.64 bits per heavy atom. The summed E-state index contributed by atoms with van der Waals surface area (Å²) >= 11 is 3.16. The van der Waals surface area contributed by atoms with E-state index in [2.05, 4.69) is 21.2 Å². The van der Waals surface area contributed by atoms with E-state index in [0.29, 0.717) is 22.7 Å². The summed E-state index contributed by atoms with van der Waals surface area (Å²) in [6.07, 6.45) is 1.38. The van der Waals surface area contributed by atoms with E-state index in [1.807, 2.05) is 13.0 Å². The molecule has 22 heavy (non-hydrogen) atoms. The van der Waals surface area contributed by atoms with Crippen LogP contribution in [-0.4, -0.2) is 12.5 Å². The molecule has 0 aliphatic carbocycles. The van der Waals surface area contributed by atoms with Gasteiger partial charge in [0.1, 0.15) is 23.2 Å². The zero-order valence-electron chi connectivity index (χ0n) is 11.8. The Balaban J connectivity index is 2.09. The van der Waals surface area contributed by atoms with Crippen molar-refractivity contribution < 1.29 is 13.9 Å². The Morgan fingerprint density at radius 2 is 2.09 bits per heavy atom. The van der Waals surface area contributed by atoms with Crippen LogP contribution in [0.2, 0.25) is 0 Å². The average Bonchev–Trinajstić information content (AvgIpc) is 2.92. The van der Waals surface area contributed by atoms with E-state index in [9.17, 15) is 4.79 Å². The van der Waals surface area contributed by atoms with Crippen LogP contribution in [0.5, 0.6) is 5.75 Å². The molecule has 6 heteroatoms. The summed E-state index contributed by atoms with van der Waals surface area (Å²) in [6.45, 7) is 2.47. The molecule has 1 heterocycles. The highest BCUT2D eigenvalue weighted by Gasteiger charge is 2.10. The van der Waals surface area contributed by atoms with Crippen molar-refractivity contribution in [2.45, 2.75) is 6.92 Å². The van der Waals surface area contributed by atoms with Gasteiger partial charge in [-0.2, -0.15) is 5.26 Å². The zero-order chi connectivity index (χ0) is 15.9. The van der Waals surface area contributed by atoms with E-state index in [1.54, 1.807) is 36.4 Å². The number of carbonyl (C=O) groups excluding carboxylic acids is 1. The Hall–Kier alpha value is -2.52. The first-order valence-electron chi connectivity index (χ1n) is 6.53. The second-order valence-corrected chi connectivity index (χ2v) is 5.00. The van der Waals surface area contributed by atoms with E-state index in [1.165, 1.54) is 6.08 Å². The van der Waals surface area contributed by atoms with Gasteiger partial charge in [-0.05, 0) is 59.3 Å². The van der Waals surface area contributed by atoms with Crippen molar-refractivity contribution in [3.8, 4) is 11.8 Å². The maximum absolute atomic E-state index is 12.1. The topological polar surface area (TPSA) is 75.3 Å². The van der Waals surface area contributed by atoms with E-state index < -0.39 is 5.91 Å². The van der Waals surface area contributed by atoms with Gasteiger partial charge in [-0.1, -0.05) is 0 Å². The first kappa shape index (κ1) is 15.9. The summed E-state index contributed by atoms with van der Waals surface area (Å²) in [6, 6.07) is 12.1. The van der Waals surface area contributed by atoms with Gasteiger partial charge in [0, 0.05) is 11.8 Å². The molecule has 1 N–H and O–H groups in total. The molecule has 0 fully saturated rings. The van der Waals surface area contributed by atoms with Crippen LogP contribution in [0, 0.1) is 11.3 Å². The number of nitriles is 1. The van der Waals surface area contributed by atoms with Crippen molar-refractivity contribution in [3.05, 3.63) is 52.4 Å². The van der Waals surface area contributed by atoms with Crippen molar-refractivity contribution in [3.63, 3.8) is 0 Å². The largest absolute Gasteiger partial charge is 0.494 e. The molecule has 1 aromatic heterocycles. The minimum atomic E-state index is -0.501. The standard InChI is InChI=1S/C16H13BrN2O3/c1-2-21-13-5-3-12(4-6-13)19-16(20)11(10-18)9-14-7-8-15(17)22-14/h3-9H,2H2,1H3,(H,19,20)/b11-9+. The Kier molecular flexibility index (Phi) is 5.39. The fourth-order valence-corrected chi connectivity index (χ4v) is 2.02. The molecule has 0 radical (unpaired) electrons. The van der Waals surface area contributed by atoms with Crippen molar-refractivity contribution >= 4 is 33.6 Å². The van der Waals surface area contributed by atoms with Gasteiger partial charge in [-0.15, -0.1) is 0 Å². The molecule has 1 aromatic carbocycles. The van der Waals surface area contributed by atoms with Gasteiger partial charge in [0.05, 0.1) is 6.61 Å². The number of hydrogen-bond donors (Lipinski definition) is 1. The van der Waals surface area contributed by atoms with Gasteiger partial charge in [0.25, 0.3) is 5.91 Å². The number of carbonyl (C=O) groups is 1. The molecular weight excluding hydrogens is 348 g/mol. The SMILES string of the molecule is CCOc1ccc(NC(=O)/C(C#N)=C/c2ccc(Br)o2)cc1. The molecule has 5 nitrogen and oxygen atoms in total. The van der Waals surface area contributed by atoms with Crippen LogP contribution in [0.3, 0.4) is 0 Å². The second kappa shape index (κ2) is 7.48. The maximum atomic E-state index is 12.1. The smallest absolute Gasteiger partial charge is 0.266 e. The number of ether oxygens (including phenoxy) is 1. The summed E-state index contributed by atoms with van der Waals surface area (Å²) in [5.41, 5.74) is 0.533. The van der Waals surface area contributed by atoms with Gasteiger partial charge >= 0.3 is 0 Å². The van der Waals surface area contributed by atoms with E-state index in [4.69, 9.17) is 14.4 Å². The molecule has 0 spiro atoms. The minimum Gasteiger partial charge on any atom is -0.494 e. The van der Waals surface area contributed by atoms with Crippen molar-refractivity contribution in [1.82, 2.24) is 0 Å². The highest BCUT2D eigenvalue weighted by molar-refractivity contribution is 9.10. The number of rotatable bonds is 5. The Bertz CT molecular complexity index is 727. The fraction of sp³-hybridized carbons (Fsp3) is 0.125. The van der Waals surface area contributed by atoms with E-state index in [0.717, 1.165) is 5.75 Å². The third-order valence-electron chi connectivity index (χ3n) is 2.67. The van der Waals surface area contributed by atoms with Crippen LogP contribution in [0.25, 0.3) is 6.08 Å². The summed E-state index contributed by atoms with van der Waals surface area (Å²) in [4.78, 5) is 12.1. The van der Waals surface area contributed by atoms with Gasteiger partial charge in [-0.25, -0.2) is 0 Å². The lowest BCUT2D eigenvalue weighted by Gasteiger charge is -2.06. The average molecular weight is 361 g/mol. The summed E-state index contributed by atoms with van der Waals surface area (Å²) in [5.74, 6) is 0.640. The molecule has 0 saturated carbocycles. The number of furan rings is 1. The highest BCUT2D eigenvalue weighted by atomic mass is 79.9. The number of nitrogens with zero attached hydrogens (tertiary/aromatic N) is 1. The third kappa shape index (κ3) is 4.24. The normalized spacial score (nSPS) is 10.9. The van der Waals surface area contributed by atoms with Crippen LogP contribution < -0.4 is 10.1 Å². The lowest BCUT2D eigenvalue weighted by atomic mass is 10.2. The number of halogens is 1. The van der Waals surface area contributed by atoms with Crippen molar-refractivity contribution in [2.75, 3.05) is 11.9 Å². The van der Waals surface area contributed by atoms with E-state index >= 15 is 0 Å². The molecular formula is C16H13BrN2O3. The predicted octanol–water partition coefficient (Wildman–Crippen LogP) is 3.99. The van der Waals surface area contributed by atoms with Gasteiger partial charge in [0.15, 0.2) is 4.67 Å². The molecule has 0 unspecified atom stereocenters. The summed E-state index contributed by atoms with van der Waals surface area (Å²) < 4.78 is 11.1.